The van der Waals surface area contributed by atoms with Crippen molar-refractivity contribution < 1.29 is 19.0 Å². The Labute approximate surface area is 227 Å². The van der Waals surface area contributed by atoms with E-state index >= 15 is 0 Å². The minimum Gasteiger partial charge on any atom is -0.485 e. The van der Waals surface area contributed by atoms with Gasteiger partial charge in [0.15, 0.2) is 28.2 Å². The number of hydrogen-bond acceptors (Lipinski definition) is 8. The first-order valence-electron chi connectivity index (χ1n) is 11.8. The van der Waals surface area contributed by atoms with Gasteiger partial charge in [0.05, 0.1) is 6.61 Å². The molecule has 4 N–H and O–H groups in total. The minimum atomic E-state index is -0.618. The zero-order valence-electron chi connectivity index (χ0n) is 20.9. The number of benzene rings is 2. The summed E-state index contributed by atoms with van der Waals surface area (Å²) in [6.45, 7) is 2.89. The highest BCUT2D eigenvalue weighted by molar-refractivity contribution is 7.80. The molecule has 1 amide bonds. The third-order valence-corrected chi connectivity index (χ3v) is 4.97. The molecule has 0 saturated heterocycles. The van der Waals surface area contributed by atoms with Crippen LogP contribution in [0.3, 0.4) is 0 Å². The van der Waals surface area contributed by atoms with Gasteiger partial charge in [-0.3, -0.25) is 5.32 Å². The lowest BCUT2D eigenvalue weighted by molar-refractivity contribution is 0.158. The monoisotopic (exact) mass is 531 g/mol. The van der Waals surface area contributed by atoms with Gasteiger partial charge < -0.3 is 25.3 Å². The molecule has 0 unspecified atom stereocenters. The van der Waals surface area contributed by atoms with Crippen LogP contribution in [0, 0.1) is 0 Å². The fraction of sp³-hybridized carbons (Fsp3) is 0.143. The van der Waals surface area contributed by atoms with Crippen molar-refractivity contribution in [3.8, 4) is 11.5 Å². The number of carbonyl (C=O) groups excluding carboxylic acids is 1. The normalized spacial score (nSPS) is 9.82. The Kier molecular flexibility index (Phi) is 11.3. The molecule has 0 fully saturated rings. The van der Waals surface area contributed by atoms with E-state index in [4.69, 9.17) is 32.2 Å². The number of ether oxygens (including phenoxy) is 3. The number of hydrogen-bond donors (Lipinski definition) is 3. The molecular formula is C28H29N5O4S. The topological polar surface area (TPSA) is 121 Å². The maximum Gasteiger partial charge on any atom is 0.413 e. The van der Waals surface area contributed by atoms with Crippen LogP contribution in [0.15, 0.2) is 97.3 Å². The first-order chi connectivity index (χ1) is 18.5. The van der Waals surface area contributed by atoms with E-state index in [1.807, 2.05) is 66.7 Å². The molecule has 0 radical (unpaired) electrons. The fourth-order valence-electron chi connectivity index (χ4n) is 3.00. The second-order valence-corrected chi connectivity index (χ2v) is 7.99. The van der Waals surface area contributed by atoms with Crippen molar-refractivity contribution in [2.75, 3.05) is 17.7 Å². The van der Waals surface area contributed by atoms with Crippen molar-refractivity contribution in [3.05, 3.63) is 108 Å². The average molecular weight is 532 g/mol. The highest BCUT2D eigenvalue weighted by Crippen LogP contribution is 2.22. The van der Waals surface area contributed by atoms with E-state index in [9.17, 15) is 4.79 Å². The Morgan fingerprint density at radius 1 is 0.816 bits per heavy atom. The number of nitrogens with one attached hydrogen (secondary N) is 2. The smallest absolute Gasteiger partial charge is 0.413 e. The number of nitrogens with zero attached hydrogens (tertiary/aromatic N) is 2. The number of nitrogen functional groups attached to an aromatic ring is 1. The number of rotatable bonds is 8. The molecule has 0 aliphatic rings. The van der Waals surface area contributed by atoms with Crippen molar-refractivity contribution in [3.63, 3.8) is 0 Å². The Morgan fingerprint density at radius 2 is 1.37 bits per heavy atom. The maximum absolute atomic E-state index is 11.3. The molecule has 0 bridgehead atoms. The lowest BCUT2D eigenvalue weighted by Crippen LogP contribution is -2.34. The Morgan fingerprint density at radius 3 is 1.95 bits per heavy atom. The van der Waals surface area contributed by atoms with Crippen molar-refractivity contribution in [2.45, 2.75) is 20.1 Å². The Balaban J connectivity index is 0.000000230. The maximum atomic E-state index is 11.3. The number of carbonyl (C=O) groups is 1. The highest BCUT2D eigenvalue weighted by Gasteiger charge is 2.10. The van der Waals surface area contributed by atoms with E-state index in [0.717, 1.165) is 11.1 Å². The van der Waals surface area contributed by atoms with Gasteiger partial charge in [0, 0.05) is 12.4 Å². The largest absolute Gasteiger partial charge is 0.485 e. The molecule has 38 heavy (non-hydrogen) atoms. The van der Waals surface area contributed by atoms with Gasteiger partial charge in [-0.05, 0) is 54.5 Å². The predicted molar refractivity (Wildman–Crippen MR) is 151 cm³/mol. The number of thiocarbonyl (C=S) groups is 1. The summed E-state index contributed by atoms with van der Waals surface area (Å²) >= 11 is 5.05. The summed E-state index contributed by atoms with van der Waals surface area (Å²) in [5.41, 5.74) is 7.80. The number of aromatic nitrogens is 2. The van der Waals surface area contributed by atoms with Gasteiger partial charge >= 0.3 is 6.09 Å². The van der Waals surface area contributed by atoms with E-state index in [1.165, 1.54) is 0 Å². The lowest BCUT2D eigenvalue weighted by atomic mass is 10.2. The average Bonchev–Trinajstić information content (AvgIpc) is 2.94. The van der Waals surface area contributed by atoms with Crippen molar-refractivity contribution >= 4 is 35.1 Å². The van der Waals surface area contributed by atoms with Crippen LogP contribution in [0.25, 0.3) is 0 Å². The second-order valence-electron chi connectivity index (χ2n) is 7.59. The summed E-state index contributed by atoms with van der Waals surface area (Å²) in [5.74, 6) is 2.00. The minimum absolute atomic E-state index is 0.0895. The van der Waals surface area contributed by atoms with Gasteiger partial charge in [-0.15, -0.1) is 0 Å². The molecule has 4 aromatic rings. The van der Waals surface area contributed by atoms with Crippen LogP contribution in [0.5, 0.6) is 11.5 Å². The highest BCUT2D eigenvalue weighted by atomic mass is 32.1. The van der Waals surface area contributed by atoms with Crippen molar-refractivity contribution in [2.24, 2.45) is 0 Å². The fourth-order valence-corrected chi connectivity index (χ4v) is 3.18. The third-order valence-electron chi connectivity index (χ3n) is 4.77. The van der Waals surface area contributed by atoms with E-state index in [1.54, 1.807) is 37.5 Å². The van der Waals surface area contributed by atoms with Gasteiger partial charge in [0.25, 0.3) is 0 Å². The number of nitrogens with two attached hydrogens (primary N) is 1. The first kappa shape index (κ1) is 27.9. The molecule has 2 aromatic heterocycles. The molecule has 196 valence electrons. The zero-order chi connectivity index (χ0) is 27.0. The molecule has 0 spiro atoms. The van der Waals surface area contributed by atoms with Crippen molar-refractivity contribution in [1.82, 2.24) is 15.3 Å². The van der Waals surface area contributed by atoms with Gasteiger partial charge in [-0.25, -0.2) is 14.8 Å². The number of alkyl carbamates (subject to hydrolysis) is 1. The number of anilines is 2. The molecule has 9 nitrogen and oxygen atoms in total. The Bertz CT molecular complexity index is 1290. The van der Waals surface area contributed by atoms with E-state index < -0.39 is 6.09 Å². The van der Waals surface area contributed by atoms with Crippen LogP contribution in [0.1, 0.15) is 18.1 Å². The van der Waals surface area contributed by atoms with Crippen LogP contribution < -0.4 is 25.8 Å². The molecule has 2 aromatic carbocycles. The summed E-state index contributed by atoms with van der Waals surface area (Å²) in [5, 5.41) is 5.30. The predicted octanol–water partition coefficient (Wildman–Crippen LogP) is 5.35. The van der Waals surface area contributed by atoms with Gasteiger partial charge in [0.2, 0.25) is 0 Å². The molecule has 2 heterocycles. The first-order valence-corrected chi connectivity index (χ1v) is 12.2. The molecule has 0 aliphatic carbocycles. The van der Waals surface area contributed by atoms with Crippen molar-refractivity contribution in [1.29, 1.82) is 0 Å². The van der Waals surface area contributed by atoms with Gasteiger partial charge in [0.1, 0.15) is 13.2 Å². The van der Waals surface area contributed by atoms with Crippen LogP contribution in [-0.2, 0) is 18.0 Å². The van der Waals surface area contributed by atoms with E-state index in [0.29, 0.717) is 36.3 Å². The summed E-state index contributed by atoms with van der Waals surface area (Å²) in [7, 11) is 0. The summed E-state index contributed by atoms with van der Waals surface area (Å²) in [6.07, 6.45) is 2.63. The van der Waals surface area contributed by atoms with Crippen LogP contribution in [0.2, 0.25) is 0 Å². The van der Waals surface area contributed by atoms with Crippen LogP contribution in [0.4, 0.5) is 16.4 Å². The Hall–Kier alpha value is -4.70. The molecular weight excluding hydrogens is 502 g/mol. The summed E-state index contributed by atoms with van der Waals surface area (Å²) in [4.78, 5) is 19.4. The van der Waals surface area contributed by atoms with E-state index in [-0.39, 0.29) is 11.7 Å². The molecule has 10 heteroatoms. The second kappa shape index (κ2) is 15.4. The zero-order valence-corrected chi connectivity index (χ0v) is 21.7. The number of pyridine rings is 2. The number of amides is 1. The van der Waals surface area contributed by atoms with E-state index in [2.05, 4.69) is 20.6 Å². The lowest BCUT2D eigenvalue weighted by Gasteiger charge is -2.13. The van der Waals surface area contributed by atoms with Crippen LogP contribution in [-0.4, -0.2) is 27.8 Å². The SMILES string of the molecule is CCOC(=O)NC(=S)Nc1ncccc1OCc1ccccc1.Nc1ncccc1OCc1ccccc1. The van der Waals surface area contributed by atoms with Gasteiger partial charge in [-0.1, -0.05) is 60.7 Å². The quantitative estimate of drug-likeness (QED) is 0.259. The molecule has 0 aliphatic heterocycles. The summed E-state index contributed by atoms with van der Waals surface area (Å²) in [6, 6.07) is 26.9. The van der Waals surface area contributed by atoms with Crippen LogP contribution >= 0.6 is 12.2 Å². The molecule has 4 rings (SSSR count). The van der Waals surface area contributed by atoms with Gasteiger partial charge in [-0.2, -0.15) is 0 Å². The standard InChI is InChI=1S/C16H17N3O3S.C12H12N2O/c1-2-21-16(20)19-15(23)18-14-13(9-6-10-17-14)22-11-12-7-4-3-5-8-12;13-12-11(7-4-8-14-12)15-9-10-5-2-1-3-6-10/h3-10H,2,11H2,1H3,(H2,17,18,19,20,23);1-8H,9H2,(H2,13,14). The summed E-state index contributed by atoms with van der Waals surface area (Å²) < 4.78 is 16.0. The molecule has 0 saturated carbocycles. The molecule has 0 atom stereocenters. The third kappa shape index (κ3) is 9.75.